The summed E-state index contributed by atoms with van der Waals surface area (Å²) in [6.07, 6.45) is 0.143. The van der Waals surface area contributed by atoms with Crippen molar-refractivity contribution in [3.8, 4) is 11.1 Å². The number of aliphatic carboxylic acids is 1. The number of alkyl carbamates (subject to hydrolysis) is 1. The van der Waals surface area contributed by atoms with Gasteiger partial charge in [-0.05, 0) is 41.5 Å². The Morgan fingerprint density at radius 1 is 1.11 bits per heavy atom. The van der Waals surface area contributed by atoms with Gasteiger partial charge in [0.1, 0.15) is 6.61 Å². The number of likely N-dealkylation sites (tertiary alicyclic amines) is 1. The van der Waals surface area contributed by atoms with Crippen LogP contribution in [-0.2, 0) is 19.1 Å². The number of hydrogen-bond acceptors (Lipinski definition) is 5. The molecule has 8 heteroatoms. The smallest absolute Gasteiger partial charge is 0.407 e. The molecule has 0 radical (unpaired) electrons. The molecule has 2 heterocycles. The molecule has 2 fully saturated rings. The van der Waals surface area contributed by atoms with Crippen LogP contribution < -0.4 is 5.32 Å². The topological polar surface area (TPSA) is 105 Å². The zero-order valence-corrected chi connectivity index (χ0v) is 19.7. The Hall–Kier alpha value is -3.39. The minimum atomic E-state index is -0.927. The van der Waals surface area contributed by atoms with Crippen LogP contribution in [-0.4, -0.2) is 66.9 Å². The molecule has 2 N–H and O–H groups in total. The van der Waals surface area contributed by atoms with Gasteiger partial charge in [0.25, 0.3) is 0 Å². The number of carbonyl (C=O) groups excluding carboxylic acids is 2. The van der Waals surface area contributed by atoms with Crippen LogP contribution in [0.15, 0.2) is 48.5 Å². The second kappa shape index (κ2) is 9.34. The summed E-state index contributed by atoms with van der Waals surface area (Å²) in [4.78, 5) is 38.9. The third-order valence-electron chi connectivity index (χ3n) is 7.62. The van der Waals surface area contributed by atoms with E-state index >= 15 is 0 Å². The van der Waals surface area contributed by atoms with Gasteiger partial charge >= 0.3 is 12.1 Å². The van der Waals surface area contributed by atoms with Crippen LogP contribution in [0, 0.1) is 11.3 Å². The summed E-state index contributed by atoms with van der Waals surface area (Å²) in [7, 11) is 0. The van der Waals surface area contributed by atoms with Crippen molar-refractivity contribution >= 4 is 18.0 Å². The SMILES string of the molecule is CC1(C(=O)N2CCC(CC(=O)O)C2)COCC1NC(=O)OCC1c2ccccc2-c2ccccc21. The van der Waals surface area contributed by atoms with E-state index in [4.69, 9.17) is 14.6 Å². The summed E-state index contributed by atoms with van der Waals surface area (Å²) < 4.78 is 11.3. The Morgan fingerprint density at radius 2 is 1.77 bits per heavy atom. The first-order valence-corrected chi connectivity index (χ1v) is 12.1. The van der Waals surface area contributed by atoms with Crippen LogP contribution in [0.3, 0.4) is 0 Å². The monoisotopic (exact) mass is 478 g/mol. The molecule has 2 saturated heterocycles. The molecular formula is C27H30N2O6. The number of rotatable bonds is 6. The first kappa shape index (κ1) is 23.4. The van der Waals surface area contributed by atoms with E-state index in [9.17, 15) is 14.4 Å². The molecule has 3 unspecified atom stereocenters. The molecular weight excluding hydrogens is 448 g/mol. The van der Waals surface area contributed by atoms with E-state index in [1.54, 1.807) is 11.8 Å². The molecule has 0 aromatic heterocycles. The van der Waals surface area contributed by atoms with Crippen LogP contribution in [0.4, 0.5) is 4.79 Å². The molecule has 5 rings (SSSR count). The number of benzene rings is 2. The normalized spacial score (nSPS) is 25.2. The van der Waals surface area contributed by atoms with Crippen LogP contribution in [0.1, 0.15) is 36.8 Å². The zero-order chi connectivity index (χ0) is 24.6. The lowest BCUT2D eigenvalue weighted by Crippen LogP contribution is -2.54. The van der Waals surface area contributed by atoms with Crippen molar-refractivity contribution in [3.63, 3.8) is 0 Å². The van der Waals surface area contributed by atoms with Gasteiger partial charge in [-0.2, -0.15) is 0 Å². The minimum absolute atomic E-state index is 0.0447. The lowest BCUT2D eigenvalue weighted by atomic mass is 9.83. The first-order chi connectivity index (χ1) is 16.9. The van der Waals surface area contributed by atoms with Gasteiger partial charge in [-0.3, -0.25) is 9.59 Å². The number of nitrogens with one attached hydrogen (secondary N) is 1. The quantitative estimate of drug-likeness (QED) is 0.660. The number of ether oxygens (including phenoxy) is 2. The van der Waals surface area contributed by atoms with Crippen molar-refractivity contribution in [2.45, 2.75) is 31.7 Å². The third kappa shape index (κ3) is 4.38. The summed E-state index contributed by atoms with van der Waals surface area (Å²) >= 11 is 0. The molecule has 2 aromatic rings. The summed E-state index contributed by atoms with van der Waals surface area (Å²) in [5.74, 6) is -1.06. The maximum absolute atomic E-state index is 13.3. The summed E-state index contributed by atoms with van der Waals surface area (Å²) in [5.41, 5.74) is 3.66. The van der Waals surface area contributed by atoms with Gasteiger partial charge < -0.3 is 24.8 Å². The third-order valence-corrected chi connectivity index (χ3v) is 7.62. The van der Waals surface area contributed by atoms with Gasteiger partial charge in [-0.15, -0.1) is 0 Å². The Kier molecular flexibility index (Phi) is 6.23. The van der Waals surface area contributed by atoms with Gasteiger partial charge in [-0.1, -0.05) is 48.5 Å². The van der Waals surface area contributed by atoms with Crippen molar-refractivity contribution in [3.05, 3.63) is 59.7 Å². The molecule has 2 aromatic carbocycles. The highest BCUT2D eigenvalue weighted by atomic mass is 16.5. The van der Waals surface area contributed by atoms with Crippen LogP contribution in [0.5, 0.6) is 0 Å². The summed E-state index contributed by atoms with van der Waals surface area (Å²) in [6.45, 7) is 3.34. The number of carboxylic acid groups (broad SMARTS) is 1. The van der Waals surface area contributed by atoms with Crippen LogP contribution in [0.25, 0.3) is 11.1 Å². The van der Waals surface area contributed by atoms with Crippen molar-refractivity contribution in [2.75, 3.05) is 32.9 Å². The Bertz CT molecular complexity index is 1100. The Labute approximate surface area is 204 Å². The van der Waals surface area contributed by atoms with E-state index in [-0.39, 0.29) is 44.0 Å². The number of amides is 2. The maximum Gasteiger partial charge on any atom is 0.407 e. The number of fused-ring (bicyclic) bond motifs is 3. The first-order valence-electron chi connectivity index (χ1n) is 12.1. The molecule has 0 spiro atoms. The van der Waals surface area contributed by atoms with E-state index < -0.39 is 23.5 Å². The number of carboxylic acids is 1. The van der Waals surface area contributed by atoms with E-state index in [0.29, 0.717) is 19.5 Å². The summed E-state index contributed by atoms with van der Waals surface area (Å²) in [5, 5.41) is 11.9. The predicted octanol–water partition coefficient (Wildman–Crippen LogP) is 3.25. The highest BCUT2D eigenvalue weighted by Crippen LogP contribution is 2.44. The lowest BCUT2D eigenvalue weighted by molar-refractivity contribution is -0.142. The highest BCUT2D eigenvalue weighted by Gasteiger charge is 2.50. The average Bonchev–Trinajstić information content (AvgIpc) is 3.54. The molecule has 3 atom stereocenters. The van der Waals surface area contributed by atoms with Crippen molar-refractivity contribution < 1.29 is 29.0 Å². The molecule has 2 aliphatic heterocycles. The highest BCUT2D eigenvalue weighted by molar-refractivity contribution is 5.85. The fourth-order valence-corrected chi connectivity index (χ4v) is 5.66. The molecule has 1 aliphatic carbocycles. The molecule has 35 heavy (non-hydrogen) atoms. The Balaban J connectivity index is 1.22. The average molecular weight is 479 g/mol. The fraction of sp³-hybridized carbons (Fsp3) is 0.444. The van der Waals surface area contributed by atoms with Gasteiger partial charge in [0.05, 0.1) is 24.7 Å². The molecule has 184 valence electrons. The Morgan fingerprint density at radius 3 is 2.43 bits per heavy atom. The summed E-state index contributed by atoms with van der Waals surface area (Å²) in [6, 6.07) is 15.8. The number of nitrogens with zero attached hydrogens (tertiary/aromatic N) is 1. The van der Waals surface area contributed by atoms with E-state index in [1.165, 1.54) is 0 Å². The second-order valence-corrected chi connectivity index (χ2v) is 9.96. The standard InChI is InChI=1S/C27H30N2O6/c1-27(25(32)29-11-10-17(13-29)12-24(30)31)16-34-15-23(27)28-26(33)35-14-22-20-8-4-2-6-18(20)19-7-3-5-9-21(19)22/h2-9,17,22-23H,10-16H2,1H3,(H,28,33)(H,30,31). The van der Waals surface area contributed by atoms with Crippen molar-refractivity contribution in [1.29, 1.82) is 0 Å². The largest absolute Gasteiger partial charge is 0.481 e. The van der Waals surface area contributed by atoms with Gasteiger partial charge in [0.15, 0.2) is 0 Å². The van der Waals surface area contributed by atoms with Crippen molar-refractivity contribution in [1.82, 2.24) is 10.2 Å². The van der Waals surface area contributed by atoms with Gasteiger partial charge in [0.2, 0.25) is 5.91 Å². The van der Waals surface area contributed by atoms with Gasteiger partial charge in [-0.25, -0.2) is 4.79 Å². The molecule has 8 nitrogen and oxygen atoms in total. The van der Waals surface area contributed by atoms with Crippen LogP contribution in [0.2, 0.25) is 0 Å². The molecule has 3 aliphatic rings. The van der Waals surface area contributed by atoms with Crippen molar-refractivity contribution in [2.24, 2.45) is 11.3 Å². The number of hydrogen-bond donors (Lipinski definition) is 2. The second-order valence-electron chi connectivity index (χ2n) is 9.96. The zero-order valence-electron chi connectivity index (χ0n) is 19.7. The predicted molar refractivity (Wildman–Crippen MR) is 128 cm³/mol. The maximum atomic E-state index is 13.3. The molecule has 0 saturated carbocycles. The van der Waals surface area contributed by atoms with Crippen LogP contribution >= 0.6 is 0 Å². The van der Waals surface area contributed by atoms with E-state index in [1.807, 2.05) is 24.3 Å². The molecule has 0 bridgehead atoms. The van der Waals surface area contributed by atoms with E-state index in [0.717, 1.165) is 22.3 Å². The lowest BCUT2D eigenvalue weighted by Gasteiger charge is -2.32. The number of carbonyl (C=O) groups is 3. The minimum Gasteiger partial charge on any atom is -0.481 e. The van der Waals surface area contributed by atoms with E-state index in [2.05, 4.69) is 29.6 Å². The molecule has 2 amide bonds. The fourth-order valence-electron chi connectivity index (χ4n) is 5.66. The van der Waals surface area contributed by atoms with Gasteiger partial charge in [0, 0.05) is 25.4 Å².